The summed E-state index contributed by atoms with van der Waals surface area (Å²) in [6, 6.07) is 7.75. The second-order valence-corrected chi connectivity index (χ2v) is 3.92. The molecular weight excluding hydrogens is 204 g/mol. The number of ether oxygens (including phenoxy) is 1. The lowest BCUT2D eigenvalue weighted by atomic mass is 10.1. The highest BCUT2D eigenvalue weighted by molar-refractivity contribution is 6.09. The number of para-hydroxylation sites is 1. The third-order valence-electron chi connectivity index (χ3n) is 2.93. The highest BCUT2D eigenvalue weighted by Gasteiger charge is 2.23. The number of hydrogen-bond acceptors (Lipinski definition) is 2. The van der Waals surface area contributed by atoms with Gasteiger partial charge in [0.2, 0.25) is 5.88 Å². The van der Waals surface area contributed by atoms with Crippen LogP contribution in [0.2, 0.25) is 0 Å². The average Bonchev–Trinajstić information content (AvgIpc) is 2.63. The maximum Gasteiger partial charge on any atom is 0.254 e. The lowest BCUT2D eigenvalue weighted by molar-refractivity contribution is 0.0995. The van der Waals surface area contributed by atoms with Crippen LogP contribution in [-0.4, -0.2) is 17.1 Å². The Kier molecular flexibility index (Phi) is 1.89. The number of carbonyl (C=O) groups excluding carboxylic acids is 1. The fraction of sp³-hybridized carbons (Fsp3) is 0.250. The number of aryl methyl sites for hydroxylation is 1. The molecule has 1 amide bonds. The predicted molar refractivity (Wildman–Crippen MR) is 60.6 cm³/mol. The Hall–Kier alpha value is -1.97. The Morgan fingerprint density at radius 3 is 3.00 bits per heavy atom. The van der Waals surface area contributed by atoms with Crippen molar-refractivity contribution in [2.45, 2.75) is 13.0 Å². The van der Waals surface area contributed by atoms with Crippen LogP contribution in [0.1, 0.15) is 16.8 Å². The van der Waals surface area contributed by atoms with E-state index in [9.17, 15) is 4.79 Å². The van der Waals surface area contributed by atoms with Gasteiger partial charge in [0.15, 0.2) is 0 Å². The molecule has 4 heteroatoms. The minimum atomic E-state index is -0.424. The molecule has 4 nitrogen and oxygen atoms in total. The molecule has 0 atom stereocenters. The number of fused-ring (bicyclic) bond motifs is 3. The molecule has 2 heterocycles. The van der Waals surface area contributed by atoms with Crippen molar-refractivity contribution >= 4 is 16.8 Å². The van der Waals surface area contributed by atoms with E-state index in [1.54, 1.807) is 0 Å². The van der Waals surface area contributed by atoms with Crippen LogP contribution in [0.15, 0.2) is 24.3 Å². The highest BCUT2D eigenvalue weighted by atomic mass is 16.5. The number of carbonyl (C=O) groups is 1. The van der Waals surface area contributed by atoms with Crippen LogP contribution in [-0.2, 0) is 6.54 Å². The van der Waals surface area contributed by atoms with E-state index in [1.807, 2.05) is 28.8 Å². The zero-order chi connectivity index (χ0) is 11.1. The Morgan fingerprint density at radius 2 is 2.19 bits per heavy atom. The Morgan fingerprint density at radius 1 is 1.38 bits per heavy atom. The molecule has 0 unspecified atom stereocenters. The standard InChI is InChI=1S/C12H12N2O2/c13-11(15)10-8-4-1-2-5-9(8)14-6-3-7-16-12(10)14/h1-2,4-5H,3,6-7H2,(H2,13,15). The fourth-order valence-electron chi connectivity index (χ4n) is 2.28. The largest absolute Gasteiger partial charge is 0.478 e. The number of hydrogen-bond donors (Lipinski definition) is 1. The molecule has 0 radical (unpaired) electrons. The summed E-state index contributed by atoms with van der Waals surface area (Å²) in [6.07, 6.45) is 0.962. The second kappa shape index (κ2) is 3.27. The number of benzene rings is 1. The second-order valence-electron chi connectivity index (χ2n) is 3.92. The van der Waals surface area contributed by atoms with Crippen LogP contribution in [0.25, 0.3) is 10.9 Å². The van der Waals surface area contributed by atoms with Gasteiger partial charge in [-0.05, 0) is 12.5 Å². The van der Waals surface area contributed by atoms with Gasteiger partial charge in [-0.25, -0.2) is 0 Å². The Labute approximate surface area is 92.6 Å². The summed E-state index contributed by atoms with van der Waals surface area (Å²) in [6.45, 7) is 1.53. The van der Waals surface area contributed by atoms with Crippen molar-refractivity contribution in [2.75, 3.05) is 6.61 Å². The van der Waals surface area contributed by atoms with E-state index in [0.29, 0.717) is 18.1 Å². The molecule has 0 fully saturated rings. The van der Waals surface area contributed by atoms with Gasteiger partial charge in [0.05, 0.1) is 12.1 Å². The summed E-state index contributed by atoms with van der Waals surface area (Å²) >= 11 is 0. The molecule has 0 spiro atoms. The van der Waals surface area contributed by atoms with E-state index in [0.717, 1.165) is 23.9 Å². The van der Waals surface area contributed by atoms with Crippen LogP contribution >= 0.6 is 0 Å². The van der Waals surface area contributed by atoms with E-state index >= 15 is 0 Å². The number of amides is 1. The van der Waals surface area contributed by atoms with Gasteiger partial charge in [0.1, 0.15) is 5.56 Å². The molecule has 1 aromatic heterocycles. The molecule has 2 aromatic rings. The quantitative estimate of drug-likeness (QED) is 0.785. The summed E-state index contributed by atoms with van der Waals surface area (Å²) in [5.41, 5.74) is 6.95. The molecular formula is C12H12N2O2. The van der Waals surface area contributed by atoms with Crippen molar-refractivity contribution in [1.29, 1.82) is 0 Å². The number of primary amides is 1. The van der Waals surface area contributed by atoms with E-state index in [2.05, 4.69) is 0 Å². The zero-order valence-electron chi connectivity index (χ0n) is 8.77. The number of aromatic nitrogens is 1. The first-order valence-corrected chi connectivity index (χ1v) is 5.33. The number of nitrogens with zero attached hydrogens (tertiary/aromatic N) is 1. The topological polar surface area (TPSA) is 57.2 Å². The summed E-state index contributed by atoms with van der Waals surface area (Å²) < 4.78 is 7.59. The minimum absolute atomic E-state index is 0.424. The predicted octanol–water partition coefficient (Wildman–Crippen LogP) is 1.52. The van der Waals surface area contributed by atoms with Gasteiger partial charge in [-0.1, -0.05) is 18.2 Å². The molecule has 1 aliphatic heterocycles. The molecule has 0 saturated carbocycles. The van der Waals surface area contributed by atoms with Crippen molar-refractivity contribution in [1.82, 2.24) is 4.57 Å². The summed E-state index contributed by atoms with van der Waals surface area (Å²) in [5.74, 6) is 0.201. The van der Waals surface area contributed by atoms with Crippen LogP contribution in [0.4, 0.5) is 0 Å². The SMILES string of the molecule is NC(=O)c1c2n(c3ccccc13)CCCO2. The van der Waals surface area contributed by atoms with Gasteiger partial charge in [0.25, 0.3) is 5.91 Å². The number of nitrogens with two attached hydrogens (primary N) is 1. The molecule has 0 aliphatic carbocycles. The Bertz CT molecular complexity index is 572. The third kappa shape index (κ3) is 1.13. The van der Waals surface area contributed by atoms with Crippen molar-refractivity contribution < 1.29 is 9.53 Å². The van der Waals surface area contributed by atoms with Crippen molar-refractivity contribution in [2.24, 2.45) is 5.73 Å². The van der Waals surface area contributed by atoms with Gasteiger partial charge in [-0.2, -0.15) is 0 Å². The van der Waals surface area contributed by atoms with Gasteiger partial charge in [-0.15, -0.1) is 0 Å². The Balaban J connectivity index is 2.41. The maximum atomic E-state index is 11.5. The maximum absolute atomic E-state index is 11.5. The summed E-state index contributed by atoms with van der Waals surface area (Å²) in [4.78, 5) is 11.5. The molecule has 0 saturated heterocycles. The van der Waals surface area contributed by atoms with Crippen molar-refractivity contribution in [3.05, 3.63) is 29.8 Å². The van der Waals surface area contributed by atoms with Gasteiger partial charge in [0, 0.05) is 11.9 Å². The molecule has 3 rings (SSSR count). The van der Waals surface area contributed by atoms with Crippen molar-refractivity contribution in [3.8, 4) is 5.88 Å². The normalized spacial score (nSPS) is 14.5. The molecule has 2 N–H and O–H groups in total. The van der Waals surface area contributed by atoms with E-state index in [-0.39, 0.29) is 0 Å². The number of rotatable bonds is 1. The van der Waals surface area contributed by atoms with E-state index < -0.39 is 5.91 Å². The third-order valence-corrected chi connectivity index (χ3v) is 2.93. The van der Waals surface area contributed by atoms with Crippen molar-refractivity contribution in [3.63, 3.8) is 0 Å². The van der Waals surface area contributed by atoms with E-state index in [4.69, 9.17) is 10.5 Å². The minimum Gasteiger partial charge on any atom is -0.478 e. The van der Waals surface area contributed by atoms with Gasteiger partial charge >= 0.3 is 0 Å². The summed E-state index contributed by atoms with van der Waals surface area (Å²) in [5, 5.41) is 0.881. The average molecular weight is 216 g/mol. The van der Waals surface area contributed by atoms with Crippen LogP contribution in [0.3, 0.4) is 0 Å². The molecule has 1 aliphatic rings. The first kappa shape index (κ1) is 9.27. The van der Waals surface area contributed by atoms with E-state index in [1.165, 1.54) is 0 Å². The first-order valence-electron chi connectivity index (χ1n) is 5.33. The van der Waals surface area contributed by atoms with Crippen LogP contribution < -0.4 is 10.5 Å². The highest BCUT2D eigenvalue weighted by Crippen LogP contribution is 2.33. The van der Waals surface area contributed by atoms with Crippen LogP contribution in [0, 0.1) is 0 Å². The lowest BCUT2D eigenvalue weighted by Gasteiger charge is -2.17. The molecule has 82 valence electrons. The first-order chi connectivity index (χ1) is 7.79. The fourth-order valence-corrected chi connectivity index (χ4v) is 2.28. The molecule has 0 bridgehead atoms. The zero-order valence-corrected chi connectivity index (χ0v) is 8.77. The van der Waals surface area contributed by atoms with Gasteiger partial charge in [-0.3, -0.25) is 4.79 Å². The molecule has 16 heavy (non-hydrogen) atoms. The smallest absolute Gasteiger partial charge is 0.254 e. The molecule has 1 aromatic carbocycles. The van der Waals surface area contributed by atoms with Gasteiger partial charge < -0.3 is 15.0 Å². The monoisotopic (exact) mass is 216 g/mol. The van der Waals surface area contributed by atoms with Crippen LogP contribution in [0.5, 0.6) is 5.88 Å². The summed E-state index contributed by atoms with van der Waals surface area (Å²) in [7, 11) is 0. The lowest BCUT2D eigenvalue weighted by Crippen LogP contribution is -2.18.